The number of piperidine rings is 1. The van der Waals surface area contributed by atoms with E-state index >= 15 is 0 Å². The first kappa shape index (κ1) is 13.4. The zero-order valence-electron chi connectivity index (χ0n) is 10.9. The molecule has 2 N–H and O–H groups in total. The number of nitriles is 1. The molecule has 5 nitrogen and oxygen atoms in total. The summed E-state index contributed by atoms with van der Waals surface area (Å²) in [6, 6.07) is 9.48. The quantitative estimate of drug-likeness (QED) is 0.810. The lowest BCUT2D eigenvalue weighted by atomic mass is 9.90. The van der Waals surface area contributed by atoms with Crippen molar-refractivity contribution >= 4 is 11.7 Å². The summed E-state index contributed by atoms with van der Waals surface area (Å²) < 4.78 is 4.71. The summed E-state index contributed by atoms with van der Waals surface area (Å²) in [5.41, 5.74) is 6.72. The molecule has 1 fully saturated rings. The van der Waals surface area contributed by atoms with Crippen molar-refractivity contribution in [2.45, 2.75) is 18.4 Å². The van der Waals surface area contributed by atoms with Crippen molar-refractivity contribution < 1.29 is 9.53 Å². The Balaban J connectivity index is 2.12. The maximum Gasteiger partial charge on any atom is 0.337 e. The van der Waals surface area contributed by atoms with Gasteiger partial charge in [0.25, 0.3) is 0 Å². The zero-order chi connectivity index (χ0) is 13.9. The summed E-state index contributed by atoms with van der Waals surface area (Å²) in [7, 11) is 1.37. The summed E-state index contributed by atoms with van der Waals surface area (Å²) in [5, 5.41) is 9.00. The first-order chi connectivity index (χ1) is 9.08. The van der Waals surface area contributed by atoms with E-state index in [9.17, 15) is 4.79 Å². The van der Waals surface area contributed by atoms with E-state index in [0.29, 0.717) is 31.5 Å². The molecule has 0 unspecified atom stereocenters. The summed E-state index contributed by atoms with van der Waals surface area (Å²) >= 11 is 0. The van der Waals surface area contributed by atoms with Crippen molar-refractivity contribution in [3.63, 3.8) is 0 Å². The van der Waals surface area contributed by atoms with Gasteiger partial charge in [-0.15, -0.1) is 0 Å². The number of hydrogen-bond acceptors (Lipinski definition) is 5. The van der Waals surface area contributed by atoms with E-state index in [1.54, 1.807) is 6.07 Å². The molecule has 0 saturated carbocycles. The molecule has 1 saturated heterocycles. The molecule has 0 aromatic heterocycles. The fourth-order valence-corrected chi connectivity index (χ4v) is 2.22. The Kier molecular flexibility index (Phi) is 3.72. The fourth-order valence-electron chi connectivity index (χ4n) is 2.22. The number of carbonyl (C=O) groups is 1. The molecule has 0 atom stereocenters. The molecule has 1 aromatic carbocycles. The number of benzene rings is 1. The maximum atomic E-state index is 11.5. The molecular weight excluding hydrogens is 242 g/mol. The molecular formula is C14H17N3O2. The van der Waals surface area contributed by atoms with E-state index < -0.39 is 5.54 Å². The summed E-state index contributed by atoms with van der Waals surface area (Å²) in [5.74, 6) is -0.343. The number of hydrogen-bond donors (Lipinski definition) is 1. The summed E-state index contributed by atoms with van der Waals surface area (Å²) in [6.45, 7) is 1.43. The largest absolute Gasteiger partial charge is 0.465 e. The molecule has 100 valence electrons. The van der Waals surface area contributed by atoms with E-state index in [4.69, 9.17) is 15.7 Å². The van der Waals surface area contributed by atoms with Crippen molar-refractivity contribution in [3.8, 4) is 6.07 Å². The van der Waals surface area contributed by atoms with Crippen LogP contribution >= 0.6 is 0 Å². The zero-order valence-corrected chi connectivity index (χ0v) is 10.9. The van der Waals surface area contributed by atoms with Gasteiger partial charge in [0.1, 0.15) is 5.54 Å². The molecule has 19 heavy (non-hydrogen) atoms. The van der Waals surface area contributed by atoms with Crippen LogP contribution in [0, 0.1) is 11.3 Å². The lowest BCUT2D eigenvalue weighted by Crippen LogP contribution is -2.49. The molecule has 0 aliphatic carbocycles. The fraction of sp³-hybridized carbons (Fsp3) is 0.429. The Morgan fingerprint density at radius 2 is 2.16 bits per heavy atom. The van der Waals surface area contributed by atoms with Crippen LogP contribution in [0.1, 0.15) is 23.2 Å². The minimum Gasteiger partial charge on any atom is -0.465 e. The smallest absolute Gasteiger partial charge is 0.337 e. The van der Waals surface area contributed by atoms with Crippen molar-refractivity contribution in [1.82, 2.24) is 0 Å². The lowest BCUT2D eigenvalue weighted by Gasteiger charge is -2.36. The summed E-state index contributed by atoms with van der Waals surface area (Å²) in [4.78, 5) is 13.6. The second-order valence-electron chi connectivity index (χ2n) is 4.80. The van der Waals surface area contributed by atoms with Crippen LogP contribution < -0.4 is 10.6 Å². The first-order valence-corrected chi connectivity index (χ1v) is 6.21. The molecule has 1 heterocycles. The molecule has 1 aliphatic heterocycles. The highest BCUT2D eigenvalue weighted by atomic mass is 16.5. The second kappa shape index (κ2) is 5.29. The molecule has 0 bridgehead atoms. The van der Waals surface area contributed by atoms with Gasteiger partial charge in [-0.1, -0.05) is 6.07 Å². The molecule has 1 aliphatic rings. The minimum atomic E-state index is -0.712. The minimum absolute atomic E-state index is 0.343. The number of nitrogens with two attached hydrogens (primary N) is 1. The molecule has 0 spiro atoms. The number of rotatable bonds is 2. The van der Waals surface area contributed by atoms with E-state index in [2.05, 4.69) is 11.0 Å². The SMILES string of the molecule is COC(=O)c1cccc(N2CCC(N)(C#N)CC2)c1. The maximum absolute atomic E-state index is 11.5. The Bertz CT molecular complexity index is 514. The van der Waals surface area contributed by atoms with Gasteiger partial charge in [0.2, 0.25) is 0 Å². The Hall–Kier alpha value is -2.06. The van der Waals surface area contributed by atoms with E-state index in [0.717, 1.165) is 5.69 Å². The van der Waals surface area contributed by atoms with E-state index in [1.165, 1.54) is 7.11 Å². The topological polar surface area (TPSA) is 79.3 Å². The molecule has 0 radical (unpaired) electrons. The predicted octanol–water partition coefficient (Wildman–Crippen LogP) is 1.29. The van der Waals surface area contributed by atoms with Crippen molar-refractivity contribution in [1.29, 1.82) is 5.26 Å². The van der Waals surface area contributed by atoms with Gasteiger partial charge in [0.05, 0.1) is 18.7 Å². The summed E-state index contributed by atoms with van der Waals surface area (Å²) in [6.07, 6.45) is 1.26. The number of esters is 1. The predicted molar refractivity (Wildman–Crippen MR) is 71.8 cm³/mol. The van der Waals surface area contributed by atoms with Crippen LogP contribution in [-0.4, -0.2) is 31.7 Å². The van der Waals surface area contributed by atoms with Gasteiger partial charge in [-0.05, 0) is 31.0 Å². The third-order valence-corrected chi connectivity index (χ3v) is 3.51. The van der Waals surface area contributed by atoms with Crippen LogP contribution in [0.25, 0.3) is 0 Å². The molecule has 1 aromatic rings. The van der Waals surface area contributed by atoms with Crippen LogP contribution in [-0.2, 0) is 4.74 Å². The number of ether oxygens (including phenoxy) is 1. The second-order valence-corrected chi connectivity index (χ2v) is 4.80. The van der Waals surface area contributed by atoms with Crippen molar-refractivity contribution in [2.24, 2.45) is 5.73 Å². The highest BCUT2D eigenvalue weighted by Gasteiger charge is 2.30. The van der Waals surface area contributed by atoms with E-state index in [1.807, 2.05) is 18.2 Å². The van der Waals surface area contributed by atoms with Gasteiger partial charge in [-0.3, -0.25) is 0 Å². The Labute approximate surface area is 112 Å². The van der Waals surface area contributed by atoms with Crippen molar-refractivity contribution in [3.05, 3.63) is 29.8 Å². The average molecular weight is 259 g/mol. The first-order valence-electron chi connectivity index (χ1n) is 6.21. The van der Waals surface area contributed by atoms with Gasteiger partial charge in [-0.2, -0.15) is 5.26 Å². The Morgan fingerprint density at radius 3 is 2.74 bits per heavy atom. The van der Waals surface area contributed by atoms with Crippen molar-refractivity contribution in [2.75, 3.05) is 25.1 Å². The van der Waals surface area contributed by atoms with Gasteiger partial charge < -0.3 is 15.4 Å². The monoisotopic (exact) mass is 259 g/mol. The number of methoxy groups -OCH3 is 1. The normalized spacial score (nSPS) is 17.6. The van der Waals surface area contributed by atoms with E-state index in [-0.39, 0.29) is 5.97 Å². The van der Waals surface area contributed by atoms with Crippen LogP contribution in [0.5, 0.6) is 0 Å². The van der Waals surface area contributed by atoms with Gasteiger partial charge in [0.15, 0.2) is 0 Å². The average Bonchev–Trinajstić information content (AvgIpc) is 2.47. The van der Waals surface area contributed by atoms with Gasteiger partial charge in [-0.25, -0.2) is 4.79 Å². The van der Waals surface area contributed by atoms with Crippen LogP contribution in [0.3, 0.4) is 0 Å². The number of carbonyl (C=O) groups excluding carboxylic acids is 1. The van der Waals surface area contributed by atoms with Crippen LogP contribution in [0.2, 0.25) is 0 Å². The Morgan fingerprint density at radius 1 is 1.47 bits per heavy atom. The number of anilines is 1. The standard InChI is InChI=1S/C14H17N3O2/c1-19-13(18)11-3-2-4-12(9-11)17-7-5-14(16,10-15)6-8-17/h2-4,9H,5-8,16H2,1H3. The molecule has 2 rings (SSSR count). The van der Waals surface area contributed by atoms with Crippen LogP contribution in [0.15, 0.2) is 24.3 Å². The van der Waals surface area contributed by atoms with Gasteiger partial charge in [0, 0.05) is 18.8 Å². The third-order valence-electron chi connectivity index (χ3n) is 3.51. The highest BCUT2D eigenvalue weighted by Crippen LogP contribution is 2.25. The van der Waals surface area contributed by atoms with Crippen LogP contribution in [0.4, 0.5) is 5.69 Å². The van der Waals surface area contributed by atoms with Gasteiger partial charge >= 0.3 is 5.97 Å². The molecule has 5 heteroatoms. The highest BCUT2D eigenvalue weighted by molar-refractivity contribution is 5.90. The molecule has 0 amide bonds. The lowest BCUT2D eigenvalue weighted by molar-refractivity contribution is 0.0601. The number of nitrogens with zero attached hydrogens (tertiary/aromatic N) is 2. The third kappa shape index (κ3) is 2.85.